The van der Waals surface area contributed by atoms with Gasteiger partial charge in [0.15, 0.2) is 17.5 Å². The summed E-state index contributed by atoms with van der Waals surface area (Å²) in [5, 5.41) is 19.0. The number of aromatic nitrogens is 4. The van der Waals surface area contributed by atoms with Crippen LogP contribution in [0.1, 0.15) is 32.1 Å². The fourth-order valence-corrected chi connectivity index (χ4v) is 5.35. The maximum Gasteiger partial charge on any atom is 0.250 e. The molecular weight excluding hydrogens is 440 g/mol. The van der Waals surface area contributed by atoms with E-state index >= 15 is 4.39 Å². The van der Waals surface area contributed by atoms with Crippen LogP contribution in [0, 0.1) is 17.7 Å². The van der Waals surface area contributed by atoms with Crippen LogP contribution in [-0.4, -0.2) is 51.6 Å². The van der Waals surface area contributed by atoms with Crippen molar-refractivity contribution in [2.75, 3.05) is 19.1 Å². The van der Waals surface area contributed by atoms with E-state index in [4.69, 9.17) is 4.74 Å². The number of aromatic hydroxyl groups is 1. The zero-order valence-electron chi connectivity index (χ0n) is 19.2. The Balaban J connectivity index is 1.34. The molecule has 2 aliphatic carbocycles. The third-order valence-corrected chi connectivity index (χ3v) is 7.20. The minimum absolute atomic E-state index is 0.0689. The normalized spacial score (nSPS) is 24.0. The lowest BCUT2D eigenvalue weighted by atomic mass is 9.69. The molecule has 2 bridgehead atoms. The van der Waals surface area contributed by atoms with Gasteiger partial charge in [0.2, 0.25) is 5.88 Å². The van der Waals surface area contributed by atoms with E-state index in [0.717, 1.165) is 25.7 Å². The van der Waals surface area contributed by atoms with E-state index in [0.29, 0.717) is 28.4 Å². The summed E-state index contributed by atoms with van der Waals surface area (Å²) in [5.74, 6) is 0.705. The van der Waals surface area contributed by atoms with Crippen molar-refractivity contribution in [3.8, 4) is 34.1 Å². The van der Waals surface area contributed by atoms with Gasteiger partial charge in [-0.3, -0.25) is 0 Å². The lowest BCUT2D eigenvalue weighted by molar-refractivity contribution is 0.0656. The Labute approximate surface area is 196 Å². The molecule has 0 radical (unpaired) electrons. The van der Waals surface area contributed by atoms with E-state index in [1.807, 2.05) is 11.9 Å². The van der Waals surface area contributed by atoms with Crippen molar-refractivity contribution in [1.82, 2.24) is 20.2 Å². The second kappa shape index (κ2) is 9.12. The zero-order chi connectivity index (χ0) is 23.8. The van der Waals surface area contributed by atoms with Crippen molar-refractivity contribution in [2.24, 2.45) is 11.8 Å². The molecule has 7 nitrogen and oxygen atoms in total. The minimum atomic E-state index is -0.878. The molecule has 0 unspecified atom stereocenters. The van der Waals surface area contributed by atoms with E-state index in [9.17, 15) is 9.50 Å². The van der Waals surface area contributed by atoms with Crippen LogP contribution in [-0.2, 0) is 0 Å². The monoisotopic (exact) mass is 467 g/mol. The number of ether oxygens (including phenoxy) is 1. The molecule has 5 rings (SSSR count). The molecular formula is C25H27F2N5O2. The molecule has 34 heavy (non-hydrogen) atoms. The van der Waals surface area contributed by atoms with Gasteiger partial charge in [0, 0.05) is 18.8 Å². The Hall–Kier alpha value is -3.36. The fraction of sp³-hybridized carbons (Fsp3) is 0.440. The Kier molecular flexibility index (Phi) is 6.02. The molecule has 0 aliphatic heterocycles. The molecule has 178 valence electrons. The van der Waals surface area contributed by atoms with Crippen LogP contribution in [0.5, 0.6) is 11.6 Å². The molecule has 0 spiro atoms. The number of hydrogen-bond acceptors (Lipinski definition) is 7. The molecule has 2 heterocycles. The van der Waals surface area contributed by atoms with E-state index < -0.39 is 12.0 Å². The number of methoxy groups -OCH3 is 1. The van der Waals surface area contributed by atoms with Gasteiger partial charge in [-0.1, -0.05) is 18.9 Å². The highest BCUT2D eigenvalue weighted by Crippen LogP contribution is 2.43. The quantitative estimate of drug-likeness (QED) is 0.577. The van der Waals surface area contributed by atoms with E-state index in [2.05, 4.69) is 20.2 Å². The Morgan fingerprint density at radius 1 is 1.06 bits per heavy atom. The molecule has 2 aliphatic rings. The van der Waals surface area contributed by atoms with Crippen LogP contribution in [0.2, 0.25) is 0 Å². The maximum atomic E-state index is 15.1. The highest BCUT2D eigenvalue weighted by Gasteiger charge is 2.42. The number of anilines is 1. The molecule has 0 saturated heterocycles. The van der Waals surface area contributed by atoms with Gasteiger partial charge >= 0.3 is 0 Å². The number of phenolic OH excluding ortho intramolecular Hbond substituents is 1. The summed E-state index contributed by atoms with van der Waals surface area (Å²) >= 11 is 0. The number of benzene rings is 1. The molecule has 2 aromatic heterocycles. The van der Waals surface area contributed by atoms with Crippen LogP contribution in [0.25, 0.3) is 22.5 Å². The topological polar surface area (TPSA) is 84.3 Å². The van der Waals surface area contributed by atoms with Gasteiger partial charge in [0.05, 0.1) is 24.9 Å². The van der Waals surface area contributed by atoms with Crippen LogP contribution in [0.3, 0.4) is 0 Å². The lowest BCUT2D eigenvalue weighted by Gasteiger charge is -2.45. The van der Waals surface area contributed by atoms with E-state index in [-0.39, 0.29) is 29.4 Å². The second-order valence-electron chi connectivity index (χ2n) is 9.24. The first-order valence-electron chi connectivity index (χ1n) is 11.5. The summed E-state index contributed by atoms with van der Waals surface area (Å²) in [6.45, 7) is 0. The summed E-state index contributed by atoms with van der Waals surface area (Å²) in [7, 11) is 3.19. The zero-order valence-corrected chi connectivity index (χ0v) is 19.2. The average Bonchev–Trinajstić information content (AvgIpc) is 2.86. The number of phenols is 1. The number of halogens is 2. The van der Waals surface area contributed by atoms with Crippen molar-refractivity contribution in [2.45, 2.75) is 44.3 Å². The maximum absolute atomic E-state index is 15.1. The van der Waals surface area contributed by atoms with Crippen LogP contribution in [0.4, 0.5) is 14.6 Å². The summed E-state index contributed by atoms with van der Waals surface area (Å²) in [5.41, 5.74) is 1.47. The molecule has 4 atom stereocenters. The molecule has 9 heteroatoms. The average molecular weight is 468 g/mol. The van der Waals surface area contributed by atoms with Gasteiger partial charge in [-0.25, -0.2) is 18.7 Å². The molecule has 0 amide bonds. The molecule has 1 N–H and O–H groups in total. The predicted molar refractivity (Wildman–Crippen MR) is 124 cm³/mol. The number of fused-ring (bicyclic) bond motifs is 2. The van der Waals surface area contributed by atoms with Gasteiger partial charge in [0.25, 0.3) is 0 Å². The van der Waals surface area contributed by atoms with Crippen LogP contribution >= 0.6 is 0 Å². The SMILES string of the molecule is COc1ncc(-c2ccc(-c3ncc(N(C)[C@@H]4C[C@H]5CCC[C@H](C5)[C@@H]4F)nn3)c(O)c2)cc1F. The van der Waals surface area contributed by atoms with Gasteiger partial charge in [0.1, 0.15) is 11.9 Å². The molecule has 2 saturated carbocycles. The van der Waals surface area contributed by atoms with Crippen LogP contribution < -0.4 is 9.64 Å². The first-order valence-corrected chi connectivity index (χ1v) is 11.5. The second-order valence-corrected chi connectivity index (χ2v) is 9.24. The Morgan fingerprint density at radius 2 is 1.91 bits per heavy atom. The largest absolute Gasteiger partial charge is 0.507 e. The van der Waals surface area contributed by atoms with Crippen molar-refractivity contribution >= 4 is 5.82 Å². The van der Waals surface area contributed by atoms with Gasteiger partial charge < -0.3 is 14.7 Å². The first-order chi connectivity index (χ1) is 16.4. The van der Waals surface area contributed by atoms with E-state index in [1.54, 1.807) is 18.3 Å². The summed E-state index contributed by atoms with van der Waals surface area (Å²) in [6, 6.07) is 5.93. The number of nitrogens with zero attached hydrogens (tertiary/aromatic N) is 5. The standard InChI is InChI=1S/C25H27F2N5O2/c1-32(20-9-14-4-3-5-16(8-14)23(20)27)22-13-28-24(31-30-22)18-7-6-15(11-21(18)33)17-10-19(26)25(34-2)29-12-17/h6-7,10-14,16,20,23,33H,3-5,8-9H2,1-2H3/t14-,16+,20+,23-/m0/s1. The molecule has 3 aromatic rings. The van der Waals surface area contributed by atoms with Gasteiger partial charge in [-0.15, -0.1) is 10.2 Å². The number of pyridine rings is 1. The Bertz CT molecular complexity index is 1180. The van der Waals surface area contributed by atoms with Gasteiger partial charge in [-0.05, 0) is 54.9 Å². The summed E-state index contributed by atoms with van der Waals surface area (Å²) < 4.78 is 34.0. The minimum Gasteiger partial charge on any atom is -0.507 e. The van der Waals surface area contributed by atoms with Crippen molar-refractivity contribution < 1.29 is 18.6 Å². The Morgan fingerprint density at radius 3 is 2.62 bits per heavy atom. The smallest absolute Gasteiger partial charge is 0.250 e. The fourth-order valence-electron chi connectivity index (χ4n) is 5.35. The van der Waals surface area contributed by atoms with Gasteiger partial charge in [-0.2, -0.15) is 0 Å². The third kappa shape index (κ3) is 4.15. The van der Waals surface area contributed by atoms with Crippen LogP contribution in [0.15, 0.2) is 36.7 Å². The summed E-state index contributed by atoms with van der Waals surface area (Å²) in [6.07, 6.45) is 7.21. The number of rotatable bonds is 5. The molecule has 1 aromatic carbocycles. The third-order valence-electron chi connectivity index (χ3n) is 7.20. The number of alkyl halides is 1. The van der Waals surface area contributed by atoms with Crippen molar-refractivity contribution in [3.05, 3.63) is 42.5 Å². The lowest BCUT2D eigenvalue weighted by Crippen LogP contribution is -2.49. The first kappa shape index (κ1) is 22.4. The highest BCUT2D eigenvalue weighted by molar-refractivity contribution is 5.72. The molecule has 2 fully saturated rings. The summed E-state index contributed by atoms with van der Waals surface area (Å²) in [4.78, 5) is 10.2. The van der Waals surface area contributed by atoms with Crippen molar-refractivity contribution in [3.63, 3.8) is 0 Å². The van der Waals surface area contributed by atoms with E-state index in [1.165, 1.54) is 31.9 Å². The predicted octanol–water partition coefficient (Wildman–Crippen LogP) is 4.81. The van der Waals surface area contributed by atoms with Crippen molar-refractivity contribution in [1.29, 1.82) is 0 Å². The number of hydrogen-bond donors (Lipinski definition) is 1. The highest BCUT2D eigenvalue weighted by atomic mass is 19.1.